The molecule has 0 fully saturated rings. The van der Waals surface area contributed by atoms with E-state index in [-0.39, 0.29) is 12.7 Å². The van der Waals surface area contributed by atoms with Crippen LogP contribution in [0.4, 0.5) is 0 Å². The highest BCUT2D eigenvalue weighted by atomic mass is 16.5. The SMILES string of the molecule is CCC=CCC=CCC=CCCCCCCC(CO)OCC. The molecule has 0 radical (unpaired) electrons. The Morgan fingerprint density at radius 2 is 1.45 bits per heavy atom. The molecule has 0 spiro atoms. The number of allylic oxidation sites excluding steroid dienone is 6. The van der Waals surface area contributed by atoms with Gasteiger partial charge in [-0.25, -0.2) is 0 Å². The molecule has 22 heavy (non-hydrogen) atoms. The van der Waals surface area contributed by atoms with Crippen LogP contribution in [0, 0.1) is 0 Å². The predicted molar refractivity (Wildman–Crippen MR) is 97.1 cm³/mol. The van der Waals surface area contributed by atoms with Crippen molar-refractivity contribution >= 4 is 0 Å². The zero-order chi connectivity index (χ0) is 16.3. The Balaban J connectivity index is 3.35. The molecule has 0 aromatic carbocycles. The van der Waals surface area contributed by atoms with Crippen molar-refractivity contribution in [2.45, 2.75) is 77.7 Å². The first-order valence-corrected chi connectivity index (χ1v) is 9.02. The fourth-order valence-corrected chi connectivity index (χ4v) is 2.28. The van der Waals surface area contributed by atoms with Gasteiger partial charge in [-0.1, -0.05) is 62.6 Å². The third kappa shape index (κ3) is 15.5. The Bertz CT molecular complexity index is 292. The molecule has 0 aromatic heterocycles. The summed E-state index contributed by atoms with van der Waals surface area (Å²) in [4.78, 5) is 0. The van der Waals surface area contributed by atoms with Crippen LogP contribution in [0.3, 0.4) is 0 Å². The minimum atomic E-state index is 0.0452. The first-order chi connectivity index (χ1) is 10.8. The van der Waals surface area contributed by atoms with Crippen LogP contribution in [0.5, 0.6) is 0 Å². The topological polar surface area (TPSA) is 29.5 Å². The molecular weight excluding hydrogens is 272 g/mol. The second-order valence-corrected chi connectivity index (χ2v) is 5.55. The van der Waals surface area contributed by atoms with Crippen LogP contribution in [0.15, 0.2) is 36.5 Å². The first-order valence-electron chi connectivity index (χ1n) is 9.02. The maximum Gasteiger partial charge on any atom is 0.0805 e. The molecule has 0 bridgehead atoms. The summed E-state index contributed by atoms with van der Waals surface area (Å²) in [6.45, 7) is 4.98. The van der Waals surface area contributed by atoms with E-state index in [9.17, 15) is 0 Å². The zero-order valence-electron chi connectivity index (χ0n) is 14.7. The molecule has 0 aliphatic carbocycles. The van der Waals surface area contributed by atoms with Crippen molar-refractivity contribution in [1.82, 2.24) is 0 Å². The molecule has 1 atom stereocenters. The maximum absolute atomic E-state index is 9.12. The monoisotopic (exact) mass is 308 g/mol. The van der Waals surface area contributed by atoms with Gasteiger partial charge in [0.05, 0.1) is 12.7 Å². The summed E-state index contributed by atoms with van der Waals surface area (Å²) < 4.78 is 5.43. The number of aliphatic hydroxyl groups excluding tert-OH is 1. The lowest BCUT2D eigenvalue weighted by Gasteiger charge is -2.13. The van der Waals surface area contributed by atoms with Gasteiger partial charge in [-0.05, 0) is 45.4 Å². The van der Waals surface area contributed by atoms with Crippen molar-refractivity contribution in [3.05, 3.63) is 36.5 Å². The molecular formula is C20H36O2. The van der Waals surface area contributed by atoms with Crippen molar-refractivity contribution < 1.29 is 9.84 Å². The largest absolute Gasteiger partial charge is 0.394 e. The van der Waals surface area contributed by atoms with Gasteiger partial charge in [0.15, 0.2) is 0 Å². The first kappa shape index (κ1) is 21.1. The Kier molecular flexibility index (Phi) is 17.5. The molecule has 0 heterocycles. The van der Waals surface area contributed by atoms with Crippen LogP contribution in [0.1, 0.15) is 71.6 Å². The van der Waals surface area contributed by atoms with E-state index in [0.29, 0.717) is 6.61 Å². The minimum absolute atomic E-state index is 0.0452. The molecule has 0 rings (SSSR count). The van der Waals surface area contributed by atoms with Crippen LogP contribution in [0.25, 0.3) is 0 Å². The Hall–Kier alpha value is -0.860. The van der Waals surface area contributed by atoms with Crippen LogP contribution in [0.2, 0.25) is 0 Å². The van der Waals surface area contributed by atoms with Gasteiger partial charge >= 0.3 is 0 Å². The summed E-state index contributed by atoms with van der Waals surface area (Å²) in [6.07, 6.45) is 23.8. The lowest BCUT2D eigenvalue weighted by Crippen LogP contribution is -2.17. The van der Waals surface area contributed by atoms with Crippen LogP contribution >= 0.6 is 0 Å². The van der Waals surface area contributed by atoms with Crippen molar-refractivity contribution in [3.63, 3.8) is 0 Å². The molecule has 0 aliphatic rings. The van der Waals surface area contributed by atoms with Crippen molar-refractivity contribution in [1.29, 1.82) is 0 Å². The molecule has 0 aromatic rings. The predicted octanol–water partition coefficient (Wildman–Crippen LogP) is 5.58. The highest BCUT2D eigenvalue weighted by molar-refractivity contribution is 4.96. The lowest BCUT2D eigenvalue weighted by molar-refractivity contribution is 0.0136. The lowest BCUT2D eigenvalue weighted by atomic mass is 10.1. The van der Waals surface area contributed by atoms with Crippen LogP contribution < -0.4 is 0 Å². The van der Waals surface area contributed by atoms with E-state index >= 15 is 0 Å². The Labute approximate surface area is 138 Å². The quantitative estimate of drug-likeness (QED) is 0.316. The average molecular weight is 309 g/mol. The minimum Gasteiger partial charge on any atom is -0.394 e. The van der Waals surface area contributed by atoms with E-state index in [1.54, 1.807) is 0 Å². The summed E-state index contributed by atoms with van der Waals surface area (Å²) in [5.41, 5.74) is 0. The molecule has 2 heteroatoms. The summed E-state index contributed by atoms with van der Waals surface area (Å²) in [7, 11) is 0. The van der Waals surface area contributed by atoms with Gasteiger partial charge < -0.3 is 9.84 Å². The van der Waals surface area contributed by atoms with E-state index in [0.717, 1.165) is 32.1 Å². The highest BCUT2D eigenvalue weighted by Crippen LogP contribution is 2.10. The molecule has 128 valence electrons. The van der Waals surface area contributed by atoms with Crippen molar-refractivity contribution in [2.75, 3.05) is 13.2 Å². The molecule has 0 amide bonds. The summed E-state index contributed by atoms with van der Waals surface area (Å²) in [6, 6.07) is 0. The van der Waals surface area contributed by atoms with E-state index in [4.69, 9.17) is 9.84 Å². The maximum atomic E-state index is 9.12. The summed E-state index contributed by atoms with van der Waals surface area (Å²) in [5, 5.41) is 9.12. The third-order valence-electron chi connectivity index (χ3n) is 3.53. The Morgan fingerprint density at radius 1 is 0.818 bits per heavy atom. The van der Waals surface area contributed by atoms with Gasteiger partial charge in [-0.3, -0.25) is 0 Å². The normalized spacial score (nSPS) is 13.8. The van der Waals surface area contributed by atoms with Crippen molar-refractivity contribution in [3.8, 4) is 0 Å². The average Bonchev–Trinajstić information content (AvgIpc) is 2.54. The number of aliphatic hydroxyl groups is 1. The van der Waals surface area contributed by atoms with Gasteiger partial charge in [-0.15, -0.1) is 0 Å². The zero-order valence-corrected chi connectivity index (χ0v) is 14.7. The smallest absolute Gasteiger partial charge is 0.0805 e. The molecule has 0 aliphatic heterocycles. The Morgan fingerprint density at radius 3 is 2.09 bits per heavy atom. The van der Waals surface area contributed by atoms with Gasteiger partial charge in [0.2, 0.25) is 0 Å². The van der Waals surface area contributed by atoms with Gasteiger partial charge in [0.25, 0.3) is 0 Å². The summed E-state index contributed by atoms with van der Waals surface area (Å²) in [5.74, 6) is 0. The third-order valence-corrected chi connectivity index (χ3v) is 3.53. The standard InChI is InChI=1S/C20H36O2/c1-3-5-6-7-8-9-10-11-12-13-14-15-16-17-18-20(19-21)22-4-2/h5-6,8-9,11-12,20-21H,3-4,7,10,13-19H2,1-2H3. The number of hydrogen-bond donors (Lipinski definition) is 1. The summed E-state index contributed by atoms with van der Waals surface area (Å²) >= 11 is 0. The van der Waals surface area contributed by atoms with E-state index in [2.05, 4.69) is 43.4 Å². The van der Waals surface area contributed by atoms with E-state index in [1.807, 2.05) is 6.92 Å². The highest BCUT2D eigenvalue weighted by Gasteiger charge is 2.05. The van der Waals surface area contributed by atoms with E-state index in [1.165, 1.54) is 25.7 Å². The number of hydrogen-bond acceptors (Lipinski definition) is 2. The molecule has 2 nitrogen and oxygen atoms in total. The number of rotatable bonds is 15. The van der Waals surface area contributed by atoms with E-state index < -0.39 is 0 Å². The molecule has 0 saturated carbocycles. The number of unbranched alkanes of at least 4 members (excludes halogenated alkanes) is 4. The fraction of sp³-hybridized carbons (Fsp3) is 0.700. The van der Waals surface area contributed by atoms with Gasteiger partial charge in [-0.2, -0.15) is 0 Å². The van der Waals surface area contributed by atoms with Gasteiger partial charge in [0, 0.05) is 6.61 Å². The second kappa shape index (κ2) is 18.2. The van der Waals surface area contributed by atoms with Crippen LogP contribution in [-0.4, -0.2) is 24.4 Å². The number of ether oxygens (including phenoxy) is 1. The van der Waals surface area contributed by atoms with Gasteiger partial charge in [0.1, 0.15) is 0 Å². The van der Waals surface area contributed by atoms with Crippen LogP contribution in [-0.2, 0) is 4.74 Å². The second-order valence-electron chi connectivity index (χ2n) is 5.55. The van der Waals surface area contributed by atoms with Crippen molar-refractivity contribution in [2.24, 2.45) is 0 Å². The fourth-order valence-electron chi connectivity index (χ4n) is 2.28. The molecule has 1 unspecified atom stereocenters. The molecule has 0 saturated heterocycles. The molecule has 1 N–H and O–H groups in total.